The number of amides is 1. The molecule has 1 aliphatic rings. The van der Waals surface area contributed by atoms with Gasteiger partial charge in [0.15, 0.2) is 0 Å². The van der Waals surface area contributed by atoms with Crippen LogP contribution < -0.4 is 10.1 Å². The Balaban J connectivity index is 1.99. The first kappa shape index (κ1) is 11.1. The number of anilines is 1. The minimum absolute atomic E-state index is 0.170. The van der Waals surface area contributed by atoms with Gasteiger partial charge in [-0.2, -0.15) is 0 Å². The van der Waals surface area contributed by atoms with E-state index < -0.39 is 6.10 Å². The van der Waals surface area contributed by atoms with Crippen LogP contribution in [0.25, 0.3) is 0 Å². The lowest BCUT2D eigenvalue weighted by Gasteiger charge is -2.26. The van der Waals surface area contributed by atoms with Crippen molar-refractivity contribution in [2.45, 2.75) is 6.10 Å². The number of rotatable bonds is 1. The number of nitrogens with one attached hydrogen (secondary N) is 1. The summed E-state index contributed by atoms with van der Waals surface area (Å²) in [6.07, 6.45) is -0.628. The van der Waals surface area contributed by atoms with E-state index in [1.807, 2.05) is 30.3 Å². The molecular weight excluding hydrogens is 250 g/mol. The topological polar surface area (TPSA) is 38.3 Å². The summed E-state index contributed by atoms with van der Waals surface area (Å²) in [5.74, 6) is 0.423. The summed E-state index contributed by atoms with van der Waals surface area (Å²) < 4.78 is 5.71. The molecule has 0 radical (unpaired) electrons. The largest absolute Gasteiger partial charge is 0.474 e. The smallest absolute Gasteiger partial charge is 0.270 e. The fourth-order valence-corrected chi connectivity index (χ4v) is 2.09. The summed E-state index contributed by atoms with van der Waals surface area (Å²) >= 11 is 5.91. The van der Waals surface area contributed by atoms with Gasteiger partial charge in [-0.25, -0.2) is 0 Å². The SMILES string of the molecule is O=C1Nc2ccc(Cl)cc2OC1c1ccccc1. The Morgan fingerprint density at radius 3 is 2.67 bits per heavy atom. The van der Waals surface area contributed by atoms with Crippen LogP contribution in [0.5, 0.6) is 5.75 Å². The Hall–Kier alpha value is -2.00. The Morgan fingerprint density at radius 2 is 1.89 bits per heavy atom. The third-order valence-corrected chi connectivity index (χ3v) is 3.02. The molecule has 0 aliphatic carbocycles. The Labute approximate surface area is 109 Å². The van der Waals surface area contributed by atoms with Crippen molar-refractivity contribution in [2.24, 2.45) is 0 Å². The van der Waals surface area contributed by atoms with E-state index in [1.165, 1.54) is 0 Å². The van der Waals surface area contributed by atoms with Crippen molar-refractivity contribution in [1.29, 1.82) is 0 Å². The predicted molar refractivity (Wildman–Crippen MR) is 69.9 cm³/mol. The maximum absolute atomic E-state index is 12.0. The molecule has 18 heavy (non-hydrogen) atoms. The Kier molecular flexibility index (Phi) is 2.68. The number of carbonyl (C=O) groups is 1. The molecule has 0 fully saturated rings. The fraction of sp³-hybridized carbons (Fsp3) is 0.0714. The van der Waals surface area contributed by atoms with Crippen LogP contribution in [0.2, 0.25) is 5.02 Å². The van der Waals surface area contributed by atoms with Gasteiger partial charge in [-0.15, -0.1) is 0 Å². The molecule has 0 saturated carbocycles. The average molecular weight is 260 g/mol. The van der Waals surface area contributed by atoms with Crippen LogP contribution in [0.15, 0.2) is 48.5 Å². The van der Waals surface area contributed by atoms with Crippen LogP contribution >= 0.6 is 11.6 Å². The highest BCUT2D eigenvalue weighted by Gasteiger charge is 2.28. The van der Waals surface area contributed by atoms with E-state index in [9.17, 15) is 4.79 Å². The lowest BCUT2D eigenvalue weighted by molar-refractivity contribution is -0.123. The number of hydrogen-bond acceptors (Lipinski definition) is 2. The molecule has 1 atom stereocenters. The second kappa shape index (κ2) is 4.35. The van der Waals surface area contributed by atoms with Gasteiger partial charge >= 0.3 is 0 Å². The molecular formula is C14H10ClNO2. The van der Waals surface area contributed by atoms with E-state index in [0.29, 0.717) is 16.5 Å². The van der Waals surface area contributed by atoms with Crippen molar-refractivity contribution in [3.63, 3.8) is 0 Å². The van der Waals surface area contributed by atoms with E-state index in [-0.39, 0.29) is 5.91 Å². The lowest BCUT2D eigenvalue weighted by Crippen LogP contribution is -2.30. The second-order valence-electron chi connectivity index (χ2n) is 4.04. The molecule has 1 heterocycles. The summed E-state index contributed by atoms with van der Waals surface area (Å²) in [7, 11) is 0. The molecule has 2 aromatic rings. The molecule has 0 spiro atoms. The van der Waals surface area contributed by atoms with Gasteiger partial charge in [-0.05, 0) is 12.1 Å². The first-order chi connectivity index (χ1) is 8.74. The van der Waals surface area contributed by atoms with Gasteiger partial charge in [0.1, 0.15) is 5.75 Å². The van der Waals surface area contributed by atoms with Crippen LogP contribution in [-0.4, -0.2) is 5.91 Å². The highest BCUT2D eigenvalue weighted by Crippen LogP contribution is 2.36. The molecule has 3 rings (SSSR count). The number of halogens is 1. The number of hydrogen-bond donors (Lipinski definition) is 1. The molecule has 1 unspecified atom stereocenters. The standard InChI is InChI=1S/C14H10ClNO2/c15-10-6-7-11-12(8-10)18-13(14(17)16-11)9-4-2-1-3-5-9/h1-8,13H,(H,16,17). The van der Waals surface area contributed by atoms with Gasteiger partial charge in [0.25, 0.3) is 5.91 Å². The van der Waals surface area contributed by atoms with Crippen molar-refractivity contribution >= 4 is 23.2 Å². The monoisotopic (exact) mass is 259 g/mol. The van der Waals surface area contributed by atoms with Crippen LogP contribution in [0.3, 0.4) is 0 Å². The zero-order valence-electron chi connectivity index (χ0n) is 9.39. The number of fused-ring (bicyclic) bond motifs is 1. The van der Waals surface area contributed by atoms with Crippen molar-refractivity contribution in [1.82, 2.24) is 0 Å². The summed E-state index contributed by atoms with van der Waals surface area (Å²) in [4.78, 5) is 12.0. The van der Waals surface area contributed by atoms with Crippen molar-refractivity contribution in [2.75, 3.05) is 5.32 Å². The van der Waals surface area contributed by atoms with Gasteiger partial charge in [0.05, 0.1) is 5.69 Å². The number of carbonyl (C=O) groups excluding carboxylic acids is 1. The van der Waals surface area contributed by atoms with Gasteiger partial charge in [-0.1, -0.05) is 41.9 Å². The third-order valence-electron chi connectivity index (χ3n) is 2.79. The number of ether oxygens (including phenoxy) is 1. The number of benzene rings is 2. The van der Waals surface area contributed by atoms with E-state index in [2.05, 4.69) is 5.32 Å². The molecule has 0 aromatic heterocycles. The maximum Gasteiger partial charge on any atom is 0.270 e. The summed E-state index contributed by atoms with van der Waals surface area (Å²) in [6.45, 7) is 0. The molecule has 3 nitrogen and oxygen atoms in total. The quantitative estimate of drug-likeness (QED) is 0.852. The zero-order chi connectivity index (χ0) is 12.5. The van der Waals surface area contributed by atoms with Gasteiger partial charge < -0.3 is 10.1 Å². The first-order valence-corrected chi connectivity index (χ1v) is 5.94. The second-order valence-corrected chi connectivity index (χ2v) is 4.47. The van der Waals surface area contributed by atoms with Crippen molar-refractivity contribution in [3.8, 4) is 5.75 Å². The average Bonchev–Trinajstić information content (AvgIpc) is 2.39. The molecule has 1 aliphatic heterocycles. The highest BCUT2D eigenvalue weighted by atomic mass is 35.5. The molecule has 2 aromatic carbocycles. The molecule has 0 bridgehead atoms. The molecule has 90 valence electrons. The molecule has 4 heteroatoms. The normalized spacial score (nSPS) is 17.6. The zero-order valence-corrected chi connectivity index (χ0v) is 10.1. The Morgan fingerprint density at radius 1 is 1.11 bits per heavy atom. The Bertz CT molecular complexity index is 598. The minimum atomic E-state index is -0.628. The van der Waals surface area contributed by atoms with Crippen molar-refractivity contribution < 1.29 is 9.53 Å². The first-order valence-electron chi connectivity index (χ1n) is 5.56. The van der Waals surface area contributed by atoms with E-state index in [1.54, 1.807) is 18.2 Å². The molecule has 0 saturated heterocycles. The maximum atomic E-state index is 12.0. The van der Waals surface area contributed by atoms with E-state index in [0.717, 1.165) is 5.56 Å². The van der Waals surface area contributed by atoms with Crippen LogP contribution in [0.1, 0.15) is 11.7 Å². The third kappa shape index (κ3) is 1.93. The van der Waals surface area contributed by atoms with Crippen LogP contribution in [0.4, 0.5) is 5.69 Å². The summed E-state index contributed by atoms with van der Waals surface area (Å²) in [5.41, 5.74) is 1.47. The fourth-order valence-electron chi connectivity index (χ4n) is 1.92. The molecule has 1 amide bonds. The summed E-state index contributed by atoms with van der Waals surface area (Å²) in [6, 6.07) is 14.5. The van der Waals surface area contributed by atoms with E-state index in [4.69, 9.17) is 16.3 Å². The van der Waals surface area contributed by atoms with Gasteiger partial charge in [-0.3, -0.25) is 4.79 Å². The predicted octanol–water partition coefficient (Wildman–Crippen LogP) is 3.41. The summed E-state index contributed by atoms with van der Waals surface area (Å²) in [5, 5.41) is 3.39. The lowest BCUT2D eigenvalue weighted by atomic mass is 10.1. The van der Waals surface area contributed by atoms with Crippen molar-refractivity contribution in [3.05, 3.63) is 59.1 Å². The van der Waals surface area contributed by atoms with Gasteiger partial charge in [0.2, 0.25) is 6.10 Å². The minimum Gasteiger partial charge on any atom is -0.474 e. The highest BCUT2D eigenvalue weighted by molar-refractivity contribution is 6.30. The van der Waals surface area contributed by atoms with Crippen LogP contribution in [0, 0.1) is 0 Å². The van der Waals surface area contributed by atoms with Crippen LogP contribution in [-0.2, 0) is 4.79 Å². The van der Waals surface area contributed by atoms with Gasteiger partial charge in [0, 0.05) is 16.7 Å². The van der Waals surface area contributed by atoms with E-state index >= 15 is 0 Å². The molecule has 1 N–H and O–H groups in total.